The maximum Gasteiger partial charge on any atom is 0.337 e. The van der Waals surface area contributed by atoms with Crippen molar-refractivity contribution in [1.82, 2.24) is 18.7 Å². The summed E-state index contributed by atoms with van der Waals surface area (Å²) in [7, 11) is 0. The Morgan fingerprint density at radius 1 is 1.00 bits per heavy atom. The fraction of sp³-hybridized carbons (Fsp3) is 0.261. The second-order valence-corrected chi connectivity index (χ2v) is 7.85. The van der Waals surface area contributed by atoms with Gasteiger partial charge in [-0.1, -0.05) is 37.1 Å². The summed E-state index contributed by atoms with van der Waals surface area (Å²) in [6.07, 6.45) is 4.75. The molecule has 0 bridgehead atoms. The molecule has 4 aromatic rings. The molecule has 5 rings (SSSR count). The smallest absolute Gasteiger partial charge is 0.320 e. The summed E-state index contributed by atoms with van der Waals surface area (Å²) in [6, 6.07) is 11.7. The lowest BCUT2D eigenvalue weighted by Crippen LogP contribution is -2.41. The lowest BCUT2D eigenvalue weighted by Gasteiger charge is -2.17. The molecule has 0 aliphatic heterocycles. The molecule has 2 aromatic heterocycles. The molecule has 1 fully saturated rings. The van der Waals surface area contributed by atoms with Crippen molar-refractivity contribution in [3.05, 3.63) is 92.9 Å². The van der Waals surface area contributed by atoms with E-state index in [0.717, 1.165) is 25.7 Å². The van der Waals surface area contributed by atoms with E-state index in [1.54, 1.807) is 28.8 Å². The minimum absolute atomic E-state index is 0.0877. The third-order valence-corrected chi connectivity index (χ3v) is 5.90. The van der Waals surface area contributed by atoms with Gasteiger partial charge in [0.15, 0.2) is 11.2 Å². The van der Waals surface area contributed by atoms with E-state index in [9.17, 15) is 18.4 Å². The molecular weight excluding hydrogens is 402 g/mol. The van der Waals surface area contributed by atoms with E-state index in [-0.39, 0.29) is 35.3 Å². The summed E-state index contributed by atoms with van der Waals surface area (Å²) in [6.45, 7) is 0.0877. The average molecular weight is 422 g/mol. The van der Waals surface area contributed by atoms with Crippen molar-refractivity contribution in [2.45, 2.75) is 38.3 Å². The molecule has 0 saturated heterocycles. The first-order chi connectivity index (χ1) is 15.0. The van der Waals surface area contributed by atoms with Crippen LogP contribution in [0.5, 0.6) is 0 Å². The molecular formula is C23H20F2N4O2. The molecule has 31 heavy (non-hydrogen) atoms. The van der Waals surface area contributed by atoms with Gasteiger partial charge >= 0.3 is 5.69 Å². The summed E-state index contributed by atoms with van der Waals surface area (Å²) in [5, 5.41) is 0. The van der Waals surface area contributed by atoms with Crippen LogP contribution in [0.3, 0.4) is 0 Å². The minimum atomic E-state index is -0.536. The standard InChI is InChI=1S/C23H20F2N4O2/c24-16-7-5-10-18(12-16)28-21-20(22(30)29(23(28)31)17-8-2-3-9-17)27(14-26-21)13-15-6-1-4-11-19(15)25/h1,4-7,10-12,14,17H,2-3,8-9,13H2. The van der Waals surface area contributed by atoms with Gasteiger partial charge in [0.25, 0.3) is 5.56 Å². The van der Waals surface area contributed by atoms with Gasteiger partial charge in [-0.2, -0.15) is 0 Å². The SMILES string of the molecule is O=c1c2c(ncn2Cc2ccccc2F)n(-c2cccc(F)c2)c(=O)n1C1CCCC1. The Morgan fingerprint density at radius 2 is 1.77 bits per heavy atom. The van der Waals surface area contributed by atoms with Crippen LogP contribution >= 0.6 is 0 Å². The normalized spacial score (nSPS) is 14.5. The van der Waals surface area contributed by atoms with Gasteiger partial charge in [-0.05, 0) is 37.1 Å². The summed E-state index contributed by atoms with van der Waals surface area (Å²) in [4.78, 5) is 31.2. The number of fused-ring (bicyclic) bond motifs is 1. The highest BCUT2D eigenvalue weighted by Gasteiger charge is 2.26. The van der Waals surface area contributed by atoms with Crippen molar-refractivity contribution in [1.29, 1.82) is 0 Å². The van der Waals surface area contributed by atoms with Crippen molar-refractivity contribution >= 4 is 11.2 Å². The number of nitrogens with zero attached hydrogens (tertiary/aromatic N) is 4. The summed E-state index contributed by atoms with van der Waals surface area (Å²) < 4.78 is 32.3. The predicted molar refractivity (Wildman–Crippen MR) is 113 cm³/mol. The van der Waals surface area contributed by atoms with Crippen molar-refractivity contribution in [2.24, 2.45) is 0 Å². The molecule has 0 amide bonds. The quantitative estimate of drug-likeness (QED) is 0.503. The Bertz CT molecular complexity index is 1400. The highest BCUT2D eigenvalue weighted by molar-refractivity contribution is 5.72. The van der Waals surface area contributed by atoms with Crippen LogP contribution < -0.4 is 11.2 Å². The Labute approximate surface area is 176 Å². The van der Waals surface area contributed by atoms with Gasteiger partial charge in [0.2, 0.25) is 0 Å². The van der Waals surface area contributed by atoms with E-state index < -0.39 is 17.1 Å². The molecule has 1 saturated carbocycles. The van der Waals surface area contributed by atoms with E-state index in [0.29, 0.717) is 5.56 Å². The highest BCUT2D eigenvalue weighted by atomic mass is 19.1. The van der Waals surface area contributed by atoms with E-state index in [4.69, 9.17) is 0 Å². The molecule has 0 spiro atoms. The molecule has 1 aliphatic carbocycles. The van der Waals surface area contributed by atoms with Gasteiger partial charge in [0, 0.05) is 11.6 Å². The Balaban J connectivity index is 1.80. The summed E-state index contributed by atoms with van der Waals surface area (Å²) >= 11 is 0. The van der Waals surface area contributed by atoms with E-state index >= 15 is 0 Å². The van der Waals surface area contributed by atoms with Crippen LogP contribution in [0.1, 0.15) is 37.3 Å². The molecule has 2 heterocycles. The lowest BCUT2D eigenvalue weighted by molar-refractivity contribution is 0.474. The third kappa shape index (κ3) is 3.28. The molecule has 158 valence electrons. The van der Waals surface area contributed by atoms with Crippen molar-refractivity contribution < 1.29 is 8.78 Å². The predicted octanol–water partition coefficient (Wildman–Crippen LogP) is 3.79. The van der Waals surface area contributed by atoms with Crippen molar-refractivity contribution in [3.63, 3.8) is 0 Å². The van der Waals surface area contributed by atoms with Gasteiger partial charge < -0.3 is 4.57 Å². The van der Waals surface area contributed by atoms with E-state index in [1.165, 1.54) is 39.7 Å². The summed E-state index contributed by atoms with van der Waals surface area (Å²) in [5.74, 6) is -0.888. The number of benzene rings is 2. The number of hydrogen-bond acceptors (Lipinski definition) is 3. The van der Waals surface area contributed by atoms with Crippen LogP contribution in [0.15, 0.2) is 64.4 Å². The van der Waals surface area contributed by atoms with Gasteiger partial charge in [-0.25, -0.2) is 23.1 Å². The van der Waals surface area contributed by atoms with Crippen LogP contribution in [0.25, 0.3) is 16.9 Å². The minimum Gasteiger partial charge on any atom is -0.320 e. The fourth-order valence-electron chi connectivity index (χ4n) is 4.42. The molecule has 0 radical (unpaired) electrons. The Morgan fingerprint density at radius 3 is 2.52 bits per heavy atom. The topological polar surface area (TPSA) is 61.8 Å². The van der Waals surface area contributed by atoms with Crippen molar-refractivity contribution in [2.75, 3.05) is 0 Å². The molecule has 6 nitrogen and oxygen atoms in total. The summed E-state index contributed by atoms with van der Waals surface area (Å²) in [5.41, 5.74) is 0.0275. The first kappa shape index (κ1) is 19.4. The van der Waals surface area contributed by atoms with Gasteiger partial charge in [-0.15, -0.1) is 0 Å². The second-order valence-electron chi connectivity index (χ2n) is 7.85. The van der Waals surface area contributed by atoms with E-state index in [1.807, 2.05) is 0 Å². The van der Waals surface area contributed by atoms with Crippen LogP contribution in [-0.2, 0) is 6.54 Å². The fourth-order valence-corrected chi connectivity index (χ4v) is 4.42. The van der Waals surface area contributed by atoms with E-state index in [2.05, 4.69) is 4.98 Å². The third-order valence-electron chi connectivity index (χ3n) is 5.90. The average Bonchev–Trinajstić information content (AvgIpc) is 3.41. The maximum atomic E-state index is 14.2. The molecule has 8 heteroatoms. The number of hydrogen-bond donors (Lipinski definition) is 0. The van der Waals surface area contributed by atoms with Crippen LogP contribution in [0.2, 0.25) is 0 Å². The largest absolute Gasteiger partial charge is 0.337 e. The van der Waals surface area contributed by atoms with Gasteiger partial charge in [0.05, 0.1) is 18.6 Å². The molecule has 1 aliphatic rings. The Hall–Kier alpha value is -3.55. The van der Waals surface area contributed by atoms with Gasteiger partial charge in [0.1, 0.15) is 11.6 Å². The van der Waals surface area contributed by atoms with Crippen molar-refractivity contribution in [3.8, 4) is 5.69 Å². The molecule has 0 N–H and O–H groups in total. The first-order valence-electron chi connectivity index (χ1n) is 10.3. The zero-order valence-electron chi connectivity index (χ0n) is 16.7. The first-order valence-corrected chi connectivity index (χ1v) is 10.3. The zero-order valence-corrected chi connectivity index (χ0v) is 16.7. The maximum absolute atomic E-state index is 14.2. The van der Waals surface area contributed by atoms with Crippen LogP contribution in [-0.4, -0.2) is 18.7 Å². The number of halogens is 2. The molecule has 0 atom stereocenters. The Kier molecular flexibility index (Phi) is 4.77. The number of rotatable bonds is 4. The number of aromatic nitrogens is 4. The second kappa shape index (κ2) is 7.61. The monoisotopic (exact) mass is 422 g/mol. The van der Waals surface area contributed by atoms with Gasteiger partial charge in [-0.3, -0.25) is 9.36 Å². The molecule has 0 unspecified atom stereocenters. The number of imidazole rings is 1. The zero-order chi connectivity index (χ0) is 21.5. The van der Waals surface area contributed by atoms with Crippen LogP contribution in [0, 0.1) is 11.6 Å². The highest BCUT2D eigenvalue weighted by Crippen LogP contribution is 2.28. The van der Waals surface area contributed by atoms with Crippen LogP contribution in [0.4, 0.5) is 8.78 Å². The molecule has 2 aromatic carbocycles. The lowest BCUT2D eigenvalue weighted by atomic mass is 10.2.